The van der Waals surface area contributed by atoms with Gasteiger partial charge in [-0.2, -0.15) is 0 Å². The van der Waals surface area contributed by atoms with Gasteiger partial charge in [0.1, 0.15) is 6.10 Å². The summed E-state index contributed by atoms with van der Waals surface area (Å²) in [6, 6.07) is 10.0. The number of ether oxygens (including phenoxy) is 2. The van der Waals surface area contributed by atoms with Gasteiger partial charge < -0.3 is 14.0 Å². The van der Waals surface area contributed by atoms with Crippen molar-refractivity contribution in [2.24, 2.45) is 0 Å². The number of rotatable bonds is 9. The molecule has 1 atom stereocenters. The highest BCUT2D eigenvalue weighted by Gasteiger charge is 2.15. The molecule has 0 radical (unpaired) electrons. The lowest BCUT2D eigenvalue weighted by atomic mass is 10.2. The Morgan fingerprint density at radius 2 is 2.09 bits per heavy atom. The summed E-state index contributed by atoms with van der Waals surface area (Å²) >= 11 is 0. The van der Waals surface area contributed by atoms with Crippen LogP contribution in [0.5, 0.6) is 0 Å². The molecule has 2 aromatic rings. The number of carbonyl (C=O) groups is 1. The second-order valence-corrected chi connectivity index (χ2v) is 5.06. The first-order valence-electron chi connectivity index (χ1n) is 7.76. The highest BCUT2D eigenvalue weighted by Crippen LogP contribution is 2.10. The van der Waals surface area contributed by atoms with E-state index in [0.717, 1.165) is 5.56 Å². The minimum Gasteiger partial charge on any atom is -0.379 e. The third-order valence-electron chi connectivity index (χ3n) is 3.32. The molecule has 1 heterocycles. The zero-order valence-electron chi connectivity index (χ0n) is 13.6. The number of nitrogens with zero attached hydrogens (tertiary/aromatic N) is 2. The van der Waals surface area contributed by atoms with Gasteiger partial charge in [0, 0.05) is 19.0 Å². The van der Waals surface area contributed by atoms with Crippen LogP contribution in [0.1, 0.15) is 19.4 Å². The second kappa shape index (κ2) is 9.07. The Labute approximate surface area is 136 Å². The Kier molecular flexibility index (Phi) is 6.77. The van der Waals surface area contributed by atoms with Crippen molar-refractivity contribution < 1.29 is 14.3 Å². The van der Waals surface area contributed by atoms with Crippen molar-refractivity contribution >= 4 is 11.9 Å². The summed E-state index contributed by atoms with van der Waals surface area (Å²) in [6.07, 6.45) is 2.94. The number of benzene rings is 1. The molecule has 1 aromatic heterocycles. The van der Waals surface area contributed by atoms with Gasteiger partial charge in [-0.3, -0.25) is 10.1 Å². The van der Waals surface area contributed by atoms with Crippen LogP contribution in [0.2, 0.25) is 0 Å². The Morgan fingerprint density at radius 3 is 2.83 bits per heavy atom. The van der Waals surface area contributed by atoms with Gasteiger partial charge in [0.15, 0.2) is 0 Å². The van der Waals surface area contributed by atoms with Crippen LogP contribution in [-0.4, -0.2) is 41.4 Å². The zero-order valence-corrected chi connectivity index (χ0v) is 13.6. The Hall–Kier alpha value is -2.18. The maximum atomic E-state index is 12.1. The maximum Gasteiger partial charge on any atom is 0.255 e. The van der Waals surface area contributed by atoms with Crippen LogP contribution in [0.4, 0.5) is 5.95 Å². The van der Waals surface area contributed by atoms with Gasteiger partial charge in [-0.25, -0.2) is 4.98 Å². The van der Waals surface area contributed by atoms with E-state index < -0.39 is 6.10 Å². The molecule has 0 spiro atoms. The van der Waals surface area contributed by atoms with E-state index in [1.165, 1.54) is 0 Å². The van der Waals surface area contributed by atoms with Crippen molar-refractivity contribution in [3.05, 3.63) is 48.3 Å². The van der Waals surface area contributed by atoms with Gasteiger partial charge >= 0.3 is 0 Å². The summed E-state index contributed by atoms with van der Waals surface area (Å²) in [5.74, 6) is 0.293. The average Bonchev–Trinajstić information content (AvgIpc) is 2.99. The molecule has 2 rings (SSSR count). The number of carbonyl (C=O) groups excluding carboxylic acids is 1. The van der Waals surface area contributed by atoms with Crippen molar-refractivity contribution in [1.29, 1.82) is 0 Å². The summed E-state index contributed by atoms with van der Waals surface area (Å²) in [5.41, 5.74) is 1.14. The summed E-state index contributed by atoms with van der Waals surface area (Å²) in [4.78, 5) is 16.3. The molecular formula is C17H23N3O3. The van der Waals surface area contributed by atoms with E-state index in [4.69, 9.17) is 9.47 Å². The van der Waals surface area contributed by atoms with Crippen molar-refractivity contribution in [3.8, 4) is 0 Å². The second-order valence-electron chi connectivity index (χ2n) is 5.06. The van der Waals surface area contributed by atoms with Gasteiger partial charge in [-0.1, -0.05) is 30.3 Å². The zero-order chi connectivity index (χ0) is 16.5. The van der Waals surface area contributed by atoms with Gasteiger partial charge in [-0.15, -0.1) is 0 Å². The largest absolute Gasteiger partial charge is 0.379 e. The van der Waals surface area contributed by atoms with E-state index in [-0.39, 0.29) is 5.91 Å². The fourth-order valence-corrected chi connectivity index (χ4v) is 2.06. The Balaban J connectivity index is 1.88. The lowest BCUT2D eigenvalue weighted by molar-refractivity contribution is -0.127. The van der Waals surface area contributed by atoms with Crippen LogP contribution < -0.4 is 5.32 Å². The molecule has 124 valence electrons. The standard InChI is InChI=1S/C17H23N3O3/c1-3-22-11-12-23-14(2)16(21)19-17-18-9-10-20(17)13-15-7-5-4-6-8-15/h4-10,14H,3,11-13H2,1-2H3,(H,18,19,21)/t14-/m1/s1. The minimum absolute atomic E-state index is 0.220. The number of hydrogen-bond acceptors (Lipinski definition) is 4. The lowest BCUT2D eigenvalue weighted by Crippen LogP contribution is -2.30. The minimum atomic E-state index is -0.558. The maximum absolute atomic E-state index is 12.1. The molecule has 1 aromatic carbocycles. The molecule has 1 amide bonds. The van der Waals surface area contributed by atoms with E-state index in [9.17, 15) is 4.79 Å². The van der Waals surface area contributed by atoms with Crippen molar-refractivity contribution in [1.82, 2.24) is 9.55 Å². The molecule has 0 unspecified atom stereocenters. The SMILES string of the molecule is CCOCCO[C@H](C)C(=O)Nc1nccn1Cc1ccccc1. The molecule has 0 saturated heterocycles. The number of amides is 1. The van der Waals surface area contributed by atoms with E-state index in [1.807, 2.05) is 48.0 Å². The summed E-state index contributed by atoms with van der Waals surface area (Å²) in [6.45, 7) is 5.79. The number of aromatic nitrogens is 2. The first-order chi connectivity index (χ1) is 11.2. The fourth-order valence-electron chi connectivity index (χ4n) is 2.06. The van der Waals surface area contributed by atoms with Crippen LogP contribution in [0, 0.1) is 0 Å². The molecule has 6 nitrogen and oxygen atoms in total. The molecular weight excluding hydrogens is 294 g/mol. The predicted octanol–water partition coefficient (Wildman–Crippen LogP) is 2.31. The predicted molar refractivity (Wildman–Crippen MR) is 88.3 cm³/mol. The lowest BCUT2D eigenvalue weighted by Gasteiger charge is -2.14. The molecule has 0 aliphatic carbocycles. The monoisotopic (exact) mass is 317 g/mol. The van der Waals surface area contributed by atoms with Gasteiger partial charge in [-0.05, 0) is 19.4 Å². The fraction of sp³-hybridized carbons (Fsp3) is 0.412. The van der Waals surface area contributed by atoms with Crippen LogP contribution in [0.3, 0.4) is 0 Å². The summed E-state index contributed by atoms with van der Waals surface area (Å²) < 4.78 is 12.5. The number of hydrogen-bond donors (Lipinski definition) is 1. The number of imidazole rings is 1. The van der Waals surface area contributed by atoms with Crippen molar-refractivity contribution in [3.63, 3.8) is 0 Å². The molecule has 0 aliphatic rings. The van der Waals surface area contributed by atoms with Crippen molar-refractivity contribution in [2.75, 3.05) is 25.1 Å². The van der Waals surface area contributed by atoms with E-state index in [1.54, 1.807) is 13.1 Å². The molecule has 0 bridgehead atoms. The first kappa shape index (κ1) is 17.2. The normalized spacial score (nSPS) is 12.1. The average molecular weight is 317 g/mol. The van der Waals surface area contributed by atoms with Crippen LogP contribution >= 0.6 is 0 Å². The van der Waals surface area contributed by atoms with Gasteiger partial charge in [0.25, 0.3) is 5.91 Å². The molecule has 0 aliphatic heterocycles. The van der Waals surface area contributed by atoms with E-state index in [0.29, 0.717) is 32.3 Å². The molecule has 23 heavy (non-hydrogen) atoms. The number of nitrogens with one attached hydrogen (secondary N) is 1. The smallest absolute Gasteiger partial charge is 0.255 e. The Bertz CT molecular complexity index is 598. The summed E-state index contributed by atoms with van der Waals surface area (Å²) in [7, 11) is 0. The number of anilines is 1. The van der Waals surface area contributed by atoms with E-state index >= 15 is 0 Å². The van der Waals surface area contributed by atoms with Crippen LogP contribution in [0.15, 0.2) is 42.7 Å². The summed E-state index contributed by atoms with van der Waals surface area (Å²) in [5, 5.41) is 2.80. The van der Waals surface area contributed by atoms with Crippen LogP contribution in [-0.2, 0) is 20.8 Å². The first-order valence-corrected chi connectivity index (χ1v) is 7.76. The van der Waals surface area contributed by atoms with Gasteiger partial charge in [0.2, 0.25) is 5.95 Å². The van der Waals surface area contributed by atoms with Crippen molar-refractivity contribution in [2.45, 2.75) is 26.5 Å². The highest BCUT2D eigenvalue weighted by atomic mass is 16.5. The molecule has 0 fully saturated rings. The van der Waals surface area contributed by atoms with E-state index in [2.05, 4.69) is 10.3 Å². The quantitative estimate of drug-likeness (QED) is 0.721. The highest BCUT2D eigenvalue weighted by molar-refractivity contribution is 5.92. The molecule has 0 saturated carbocycles. The molecule has 6 heteroatoms. The van der Waals surface area contributed by atoms with Crippen LogP contribution in [0.25, 0.3) is 0 Å². The topological polar surface area (TPSA) is 65.4 Å². The third-order valence-corrected chi connectivity index (χ3v) is 3.32. The van der Waals surface area contributed by atoms with Gasteiger partial charge in [0.05, 0.1) is 19.8 Å². The Morgan fingerprint density at radius 1 is 1.30 bits per heavy atom. The third kappa shape index (κ3) is 5.50. The molecule has 1 N–H and O–H groups in total.